The van der Waals surface area contributed by atoms with Gasteiger partial charge in [0.2, 0.25) is 11.8 Å². The standard InChI is InChI=1S/C27H33N3O4S/c1-33-22-6-5-19(11-23(22)34-2)20-15-35-26(28-20)29-24(31)21-4-3-7-30(21)25(32)27-12-16-8-17(13-27)10-18(9-16)14-27/h5-6,11,15-18,21H,3-4,7-10,12-14H2,1-2H3,(H,28,29,31). The van der Waals surface area contributed by atoms with Crippen LogP contribution in [0.4, 0.5) is 5.13 Å². The summed E-state index contributed by atoms with van der Waals surface area (Å²) in [7, 11) is 3.21. The number of likely N-dealkylation sites (tertiary alicyclic amines) is 1. The maximum Gasteiger partial charge on any atom is 0.248 e. The number of anilines is 1. The Hall–Kier alpha value is -2.61. The molecule has 2 amide bonds. The Balaban J connectivity index is 1.16. The molecule has 2 aromatic rings. The van der Waals surface area contributed by atoms with Gasteiger partial charge in [-0.1, -0.05) is 0 Å². The second-order valence-corrected chi connectivity index (χ2v) is 11.8. The molecular weight excluding hydrogens is 462 g/mol. The van der Waals surface area contributed by atoms with E-state index in [9.17, 15) is 9.59 Å². The van der Waals surface area contributed by atoms with Crippen LogP contribution in [0.3, 0.4) is 0 Å². The van der Waals surface area contributed by atoms with Crippen molar-refractivity contribution in [1.82, 2.24) is 9.88 Å². The maximum atomic E-state index is 13.9. The molecular formula is C27H33N3O4S. The number of methoxy groups -OCH3 is 2. The minimum atomic E-state index is -0.399. The number of ether oxygens (including phenoxy) is 2. The second-order valence-electron chi connectivity index (χ2n) is 11.0. The van der Waals surface area contributed by atoms with E-state index in [1.54, 1.807) is 14.2 Å². The molecule has 4 aliphatic carbocycles. The summed E-state index contributed by atoms with van der Waals surface area (Å²) in [5.41, 5.74) is 1.44. The van der Waals surface area contributed by atoms with E-state index in [0.29, 0.717) is 40.9 Å². The molecule has 8 heteroatoms. The number of thiazole rings is 1. The zero-order valence-electron chi connectivity index (χ0n) is 20.4. The molecule has 186 valence electrons. The van der Waals surface area contributed by atoms with Gasteiger partial charge in [-0.05, 0) is 87.3 Å². The monoisotopic (exact) mass is 495 g/mol. The van der Waals surface area contributed by atoms with Crippen LogP contribution in [-0.4, -0.2) is 48.5 Å². The van der Waals surface area contributed by atoms with Crippen LogP contribution in [-0.2, 0) is 9.59 Å². The van der Waals surface area contributed by atoms with E-state index < -0.39 is 6.04 Å². The van der Waals surface area contributed by atoms with Gasteiger partial charge in [0, 0.05) is 17.5 Å². The molecule has 1 N–H and O–H groups in total. The number of amides is 2. The quantitative estimate of drug-likeness (QED) is 0.612. The fraction of sp³-hybridized carbons (Fsp3) is 0.593. The smallest absolute Gasteiger partial charge is 0.248 e. The molecule has 1 saturated heterocycles. The SMILES string of the molecule is COc1ccc(-c2csc(NC(=O)C3CCCN3C(=O)C34CC5CC(CC(C5)C3)C4)n2)cc1OC. The maximum absolute atomic E-state index is 13.9. The number of hydrogen-bond acceptors (Lipinski definition) is 6. The Morgan fingerprint density at radius 2 is 1.74 bits per heavy atom. The second kappa shape index (κ2) is 8.80. The van der Waals surface area contributed by atoms with Crippen LogP contribution < -0.4 is 14.8 Å². The number of benzene rings is 1. The molecule has 4 bridgehead atoms. The van der Waals surface area contributed by atoms with Gasteiger partial charge >= 0.3 is 0 Å². The zero-order valence-corrected chi connectivity index (χ0v) is 21.2. The van der Waals surface area contributed by atoms with Gasteiger partial charge in [0.25, 0.3) is 0 Å². The molecule has 5 fully saturated rings. The van der Waals surface area contributed by atoms with E-state index in [2.05, 4.69) is 10.3 Å². The van der Waals surface area contributed by atoms with E-state index in [0.717, 1.165) is 43.4 Å². The van der Waals surface area contributed by atoms with Crippen molar-refractivity contribution in [3.8, 4) is 22.8 Å². The molecule has 7 nitrogen and oxygen atoms in total. The topological polar surface area (TPSA) is 80.8 Å². The average Bonchev–Trinajstić information content (AvgIpc) is 3.52. The van der Waals surface area contributed by atoms with Crippen molar-refractivity contribution in [2.75, 3.05) is 26.1 Å². The summed E-state index contributed by atoms with van der Waals surface area (Å²) in [6.45, 7) is 0.688. The molecule has 1 unspecified atom stereocenters. The van der Waals surface area contributed by atoms with Crippen molar-refractivity contribution in [2.45, 2.75) is 57.4 Å². The first-order valence-corrected chi connectivity index (χ1v) is 13.7. The molecule has 4 saturated carbocycles. The van der Waals surface area contributed by atoms with Gasteiger partial charge in [-0.25, -0.2) is 4.98 Å². The van der Waals surface area contributed by atoms with Crippen LogP contribution in [0.5, 0.6) is 11.5 Å². The van der Waals surface area contributed by atoms with Crippen LogP contribution in [0.2, 0.25) is 0 Å². The van der Waals surface area contributed by atoms with Crippen molar-refractivity contribution < 1.29 is 19.1 Å². The summed E-state index contributed by atoms with van der Waals surface area (Å²) in [6, 6.07) is 5.25. The van der Waals surface area contributed by atoms with Crippen LogP contribution in [0.1, 0.15) is 51.4 Å². The lowest BCUT2D eigenvalue weighted by Gasteiger charge is -2.56. The van der Waals surface area contributed by atoms with Gasteiger partial charge in [-0.3, -0.25) is 9.59 Å². The molecule has 1 aliphatic heterocycles. The minimum Gasteiger partial charge on any atom is -0.493 e. The fourth-order valence-electron chi connectivity index (χ4n) is 7.61. The number of rotatable bonds is 6. The summed E-state index contributed by atoms with van der Waals surface area (Å²) in [4.78, 5) is 33.7. The Kier molecular flexibility index (Phi) is 5.74. The third-order valence-corrected chi connectivity index (χ3v) is 9.48. The number of nitrogens with zero attached hydrogens (tertiary/aromatic N) is 2. The summed E-state index contributed by atoms with van der Waals surface area (Å²) in [5.74, 6) is 3.56. The average molecular weight is 496 g/mol. The minimum absolute atomic E-state index is 0.117. The van der Waals surface area contributed by atoms with Crippen molar-refractivity contribution in [2.24, 2.45) is 23.2 Å². The highest BCUT2D eigenvalue weighted by Gasteiger charge is 2.56. The molecule has 1 aromatic heterocycles. The Morgan fingerprint density at radius 1 is 1.06 bits per heavy atom. The third kappa shape index (κ3) is 3.99. The Bertz CT molecular complexity index is 1110. The normalized spacial score (nSPS) is 31.0. The number of hydrogen-bond donors (Lipinski definition) is 1. The van der Waals surface area contributed by atoms with Gasteiger partial charge < -0.3 is 19.7 Å². The predicted octanol–water partition coefficient (Wildman–Crippen LogP) is 4.97. The fourth-order valence-corrected chi connectivity index (χ4v) is 8.33. The largest absolute Gasteiger partial charge is 0.493 e. The van der Waals surface area contributed by atoms with Gasteiger partial charge in [-0.2, -0.15) is 0 Å². The zero-order chi connectivity index (χ0) is 24.2. The number of aromatic nitrogens is 1. The summed E-state index contributed by atoms with van der Waals surface area (Å²) in [5, 5.41) is 5.47. The highest BCUT2D eigenvalue weighted by atomic mass is 32.1. The van der Waals surface area contributed by atoms with Gasteiger partial charge in [-0.15, -0.1) is 11.3 Å². The van der Waals surface area contributed by atoms with E-state index in [1.165, 1.54) is 30.6 Å². The summed E-state index contributed by atoms with van der Waals surface area (Å²) >= 11 is 1.39. The van der Waals surface area contributed by atoms with E-state index in [1.807, 2.05) is 28.5 Å². The highest BCUT2D eigenvalue weighted by Crippen LogP contribution is 2.60. The van der Waals surface area contributed by atoms with Gasteiger partial charge in [0.05, 0.1) is 25.3 Å². The lowest BCUT2D eigenvalue weighted by atomic mass is 9.49. The number of carbonyl (C=O) groups is 2. The van der Waals surface area contributed by atoms with Crippen LogP contribution in [0, 0.1) is 23.2 Å². The predicted molar refractivity (Wildman–Crippen MR) is 135 cm³/mol. The molecule has 7 rings (SSSR count). The van der Waals surface area contributed by atoms with Crippen molar-refractivity contribution in [3.05, 3.63) is 23.6 Å². The van der Waals surface area contributed by atoms with Crippen LogP contribution in [0.15, 0.2) is 23.6 Å². The van der Waals surface area contributed by atoms with E-state index in [4.69, 9.17) is 9.47 Å². The first-order valence-electron chi connectivity index (χ1n) is 12.8. The molecule has 2 heterocycles. The van der Waals surface area contributed by atoms with Crippen LogP contribution >= 0.6 is 11.3 Å². The number of carbonyl (C=O) groups excluding carboxylic acids is 2. The Labute approximate surface area is 210 Å². The number of nitrogens with one attached hydrogen (secondary N) is 1. The summed E-state index contributed by atoms with van der Waals surface area (Å²) < 4.78 is 10.7. The highest BCUT2D eigenvalue weighted by molar-refractivity contribution is 7.14. The molecule has 5 aliphatic rings. The van der Waals surface area contributed by atoms with Crippen LogP contribution in [0.25, 0.3) is 11.3 Å². The molecule has 0 radical (unpaired) electrons. The third-order valence-electron chi connectivity index (χ3n) is 8.72. The van der Waals surface area contributed by atoms with E-state index in [-0.39, 0.29) is 17.2 Å². The lowest BCUT2D eigenvalue weighted by Crippen LogP contribution is -2.56. The van der Waals surface area contributed by atoms with Gasteiger partial charge in [0.15, 0.2) is 16.6 Å². The lowest BCUT2D eigenvalue weighted by molar-refractivity contribution is -0.160. The van der Waals surface area contributed by atoms with Crippen molar-refractivity contribution in [3.63, 3.8) is 0 Å². The first kappa shape index (κ1) is 22.8. The molecule has 35 heavy (non-hydrogen) atoms. The van der Waals surface area contributed by atoms with Crippen molar-refractivity contribution >= 4 is 28.3 Å². The van der Waals surface area contributed by atoms with Crippen molar-refractivity contribution in [1.29, 1.82) is 0 Å². The van der Waals surface area contributed by atoms with E-state index >= 15 is 0 Å². The first-order chi connectivity index (χ1) is 17.0. The van der Waals surface area contributed by atoms with Gasteiger partial charge in [0.1, 0.15) is 6.04 Å². The molecule has 1 aromatic carbocycles. The molecule has 1 atom stereocenters. The summed E-state index contributed by atoms with van der Waals surface area (Å²) in [6.07, 6.45) is 8.62. The Morgan fingerprint density at radius 3 is 2.40 bits per heavy atom. The molecule has 0 spiro atoms.